The van der Waals surface area contributed by atoms with E-state index < -0.39 is 0 Å². The van der Waals surface area contributed by atoms with Gasteiger partial charge in [-0.2, -0.15) is 0 Å². The highest BCUT2D eigenvalue weighted by Gasteiger charge is 2.20. The van der Waals surface area contributed by atoms with Gasteiger partial charge in [-0.1, -0.05) is 36.7 Å². The van der Waals surface area contributed by atoms with Gasteiger partial charge >= 0.3 is 0 Å². The molecule has 3 heteroatoms. The number of alkyl halides is 1. The average Bonchev–Trinajstić information content (AvgIpc) is 2.49. The van der Waals surface area contributed by atoms with Gasteiger partial charge in [0.05, 0.1) is 3.79 Å². The van der Waals surface area contributed by atoms with Gasteiger partial charge in [0.2, 0.25) is 0 Å². The number of rotatable bonds is 4. The van der Waals surface area contributed by atoms with Crippen molar-refractivity contribution in [3.63, 3.8) is 0 Å². The number of hydrogen-bond acceptors (Lipinski definition) is 1. The fraction of sp³-hybridized carbons (Fsp3) is 0.667. The summed E-state index contributed by atoms with van der Waals surface area (Å²) in [5, 5.41) is 0. The van der Waals surface area contributed by atoms with Crippen LogP contribution in [0.15, 0.2) is 15.9 Å². The van der Waals surface area contributed by atoms with E-state index in [2.05, 4.69) is 64.8 Å². The first-order chi connectivity index (χ1) is 6.89. The summed E-state index contributed by atoms with van der Waals surface area (Å²) in [6.07, 6.45) is 3.72. The first-order valence-electron chi connectivity index (χ1n) is 5.28. The minimum atomic E-state index is 0.371. The molecule has 1 aromatic heterocycles. The average molecular weight is 354 g/mol. The van der Waals surface area contributed by atoms with Gasteiger partial charge in [0.25, 0.3) is 0 Å². The van der Waals surface area contributed by atoms with Crippen molar-refractivity contribution < 1.29 is 0 Å². The number of hydrogen-bond donors (Lipinski definition) is 0. The van der Waals surface area contributed by atoms with Crippen molar-refractivity contribution in [3.8, 4) is 0 Å². The smallest absolute Gasteiger partial charge is 0.0701 e. The molecule has 1 unspecified atom stereocenters. The van der Waals surface area contributed by atoms with E-state index in [0.29, 0.717) is 10.2 Å². The van der Waals surface area contributed by atoms with Crippen LogP contribution in [0.4, 0.5) is 0 Å². The van der Waals surface area contributed by atoms with Gasteiger partial charge < -0.3 is 0 Å². The van der Waals surface area contributed by atoms with Crippen LogP contribution in [-0.4, -0.2) is 4.83 Å². The highest BCUT2D eigenvalue weighted by molar-refractivity contribution is 9.11. The van der Waals surface area contributed by atoms with Crippen LogP contribution in [0.2, 0.25) is 0 Å². The van der Waals surface area contributed by atoms with Crippen molar-refractivity contribution in [2.75, 3.05) is 0 Å². The highest BCUT2D eigenvalue weighted by Crippen LogP contribution is 2.30. The third-order valence-electron chi connectivity index (χ3n) is 2.45. The molecule has 0 radical (unpaired) electrons. The highest BCUT2D eigenvalue weighted by atomic mass is 79.9. The molecule has 0 aliphatic rings. The van der Waals surface area contributed by atoms with Gasteiger partial charge in [-0.25, -0.2) is 0 Å². The van der Waals surface area contributed by atoms with Gasteiger partial charge in [-0.05, 0) is 52.7 Å². The molecule has 0 amide bonds. The second-order valence-corrected chi connectivity index (χ2v) is 8.58. The molecule has 1 atom stereocenters. The first-order valence-corrected chi connectivity index (χ1v) is 7.80. The van der Waals surface area contributed by atoms with Crippen LogP contribution in [0.5, 0.6) is 0 Å². The van der Waals surface area contributed by atoms with Crippen LogP contribution >= 0.6 is 43.2 Å². The van der Waals surface area contributed by atoms with Gasteiger partial charge in [0, 0.05) is 9.70 Å². The molecule has 0 saturated heterocycles. The lowest BCUT2D eigenvalue weighted by molar-refractivity contribution is 0.380. The van der Waals surface area contributed by atoms with E-state index in [1.807, 2.05) is 11.3 Å². The summed E-state index contributed by atoms with van der Waals surface area (Å²) in [4.78, 5) is 2.10. The zero-order valence-electron chi connectivity index (χ0n) is 9.52. The van der Waals surface area contributed by atoms with Crippen LogP contribution in [0.3, 0.4) is 0 Å². The third kappa shape index (κ3) is 5.01. The van der Waals surface area contributed by atoms with E-state index in [-0.39, 0.29) is 0 Å². The van der Waals surface area contributed by atoms with E-state index in [0.717, 1.165) is 0 Å². The molecule has 86 valence electrons. The molecule has 15 heavy (non-hydrogen) atoms. The predicted molar refractivity (Wildman–Crippen MR) is 77.1 cm³/mol. The molecule has 0 saturated carbocycles. The SMILES string of the molecule is CC(C)(C)C(Br)CCCc1ccc(Br)s1. The van der Waals surface area contributed by atoms with Crippen molar-refractivity contribution in [1.29, 1.82) is 0 Å². The van der Waals surface area contributed by atoms with Crippen LogP contribution in [0.1, 0.15) is 38.5 Å². The lowest BCUT2D eigenvalue weighted by Gasteiger charge is -2.25. The predicted octanol–water partition coefficient (Wildman–Crippen LogP) is 5.64. The minimum Gasteiger partial charge on any atom is -0.133 e. The Kier molecular flexibility index (Phi) is 5.33. The molecule has 0 bridgehead atoms. The van der Waals surface area contributed by atoms with Crippen LogP contribution in [-0.2, 0) is 6.42 Å². The molecule has 0 spiro atoms. The zero-order chi connectivity index (χ0) is 11.5. The van der Waals surface area contributed by atoms with Gasteiger partial charge in [-0.15, -0.1) is 11.3 Å². The summed E-state index contributed by atoms with van der Waals surface area (Å²) in [7, 11) is 0. The summed E-state index contributed by atoms with van der Waals surface area (Å²) < 4.78 is 1.24. The molecule has 1 aromatic rings. The summed E-state index contributed by atoms with van der Waals surface area (Å²) >= 11 is 9.11. The lowest BCUT2D eigenvalue weighted by atomic mass is 9.89. The molecule has 0 N–H and O–H groups in total. The van der Waals surface area contributed by atoms with Crippen LogP contribution in [0.25, 0.3) is 0 Å². The standard InChI is InChI=1S/C12H18Br2S/c1-12(2,3)10(13)6-4-5-9-7-8-11(14)15-9/h7-8,10H,4-6H2,1-3H3. The Morgan fingerprint density at radius 2 is 2.00 bits per heavy atom. The van der Waals surface area contributed by atoms with Crippen molar-refractivity contribution in [3.05, 3.63) is 20.8 Å². The Labute approximate surface area is 114 Å². The summed E-state index contributed by atoms with van der Waals surface area (Å²) in [6, 6.07) is 4.35. The van der Waals surface area contributed by atoms with Crippen LogP contribution in [0, 0.1) is 5.41 Å². The topological polar surface area (TPSA) is 0 Å². The minimum absolute atomic E-state index is 0.371. The van der Waals surface area contributed by atoms with E-state index >= 15 is 0 Å². The summed E-state index contributed by atoms with van der Waals surface area (Å²) in [5.41, 5.74) is 0.371. The van der Waals surface area contributed by atoms with E-state index in [4.69, 9.17) is 0 Å². The van der Waals surface area contributed by atoms with Crippen molar-refractivity contribution in [2.45, 2.75) is 44.9 Å². The molecule has 0 aliphatic carbocycles. The first kappa shape index (κ1) is 13.7. The van der Waals surface area contributed by atoms with Crippen molar-refractivity contribution in [2.24, 2.45) is 5.41 Å². The summed E-state index contributed by atoms with van der Waals surface area (Å²) in [6.45, 7) is 6.86. The zero-order valence-corrected chi connectivity index (χ0v) is 13.5. The molecule has 1 heterocycles. The molecule has 0 aliphatic heterocycles. The fourth-order valence-electron chi connectivity index (χ4n) is 1.37. The van der Waals surface area contributed by atoms with Crippen LogP contribution < -0.4 is 0 Å². The van der Waals surface area contributed by atoms with Crippen molar-refractivity contribution >= 4 is 43.2 Å². The normalized spacial score (nSPS) is 14.2. The molecule has 0 aromatic carbocycles. The Hall–Kier alpha value is 0.660. The maximum atomic E-state index is 3.77. The number of aryl methyl sites for hydroxylation is 1. The number of thiophene rings is 1. The Morgan fingerprint density at radius 3 is 2.47 bits per heavy atom. The monoisotopic (exact) mass is 352 g/mol. The number of halogens is 2. The quantitative estimate of drug-likeness (QED) is 0.614. The third-order valence-corrected chi connectivity index (χ3v) is 5.96. The molecular weight excluding hydrogens is 336 g/mol. The maximum absolute atomic E-state index is 3.77. The van der Waals surface area contributed by atoms with Crippen molar-refractivity contribution in [1.82, 2.24) is 0 Å². The second-order valence-electron chi connectivity index (χ2n) is 4.93. The summed E-state index contributed by atoms with van der Waals surface area (Å²) in [5.74, 6) is 0. The lowest BCUT2D eigenvalue weighted by Crippen LogP contribution is -2.20. The largest absolute Gasteiger partial charge is 0.133 e. The van der Waals surface area contributed by atoms with Gasteiger partial charge in [-0.3, -0.25) is 0 Å². The molecule has 1 rings (SSSR count). The second kappa shape index (κ2) is 5.83. The Morgan fingerprint density at radius 1 is 1.33 bits per heavy atom. The molecule has 0 nitrogen and oxygen atoms in total. The van der Waals surface area contributed by atoms with E-state index in [1.54, 1.807) is 0 Å². The van der Waals surface area contributed by atoms with Gasteiger partial charge in [0.15, 0.2) is 0 Å². The van der Waals surface area contributed by atoms with Gasteiger partial charge in [0.1, 0.15) is 0 Å². The Balaban J connectivity index is 2.28. The molecular formula is C12H18Br2S. The van der Waals surface area contributed by atoms with E-state index in [1.165, 1.54) is 27.9 Å². The van der Waals surface area contributed by atoms with E-state index in [9.17, 15) is 0 Å². The maximum Gasteiger partial charge on any atom is 0.0701 e. The Bertz CT molecular complexity index is 299. The fourth-order valence-corrected chi connectivity index (χ4v) is 3.22. The molecule has 0 fully saturated rings.